The molecule has 1 N–H and O–H groups in total. The summed E-state index contributed by atoms with van der Waals surface area (Å²) >= 11 is 6.74. The predicted octanol–water partition coefficient (Wildman–Crippen LogP) is 4.15. The minimum Gasteiger partial charge on any atom is -0.497 e. The van der Waals surface area contributed by atoms with Crippen molar-refractivity contribution in [2.45, 2.75) is 26.3 Å². The predicted molar refractivity (Wildman–Crippen MR) is 158 cm³/mol. The van der Waals surface area contributed by atoms with Crippen molar-refractivity contribution in [2.75, 3.05) is 25.5 Å². The quantitative estimate of drug-likeness (QED) is 0.176. The molecule has 3 aromatic heterocycles. The van der Waals surface area contributed by atoms with Gasteiger partial charge in [0, 0.05) is 38.2 Å². The largest absolute Gasteiger partial charge is 0.497 e. The number of benzene rings is 1. The van der Waals surface area contributed by atoms with Crippen molar-refractivity contribution in [3.63, 3.8) is 0 Å². The van der Waals surface area contributed by atoms with Crippen LogP contribution in [0.25, 0.3) is 11.7 Å². The topological polar surface area (TPSA) is 93.8 Å². The third-order valence-electron chi connectivity index (χ3n) is 6.46. The van der Waals surface area contributed by atoms with E-state index in [1.54, 1.807) is 36.8 Å². The minimum atomic E-state index is -0.246. The maximum Gasteiger partial charge on any atom is 0.267 e. The van der Waals surface area contributed by atoms with E-state index in [0.29, 0.717) is 45.8 Å². The maximum absolute atomic E-state index is 13.6. The van der Waals surface area contributed by atoms with Crippen molar-refractivity contribution in [3.8, 4) is 5.75 Å². The number of amides is 1. The molecule has 1 saturated heterocycles. The van der Waals surface area contributed by atoms with Crippen LogP contribution >= 0.6 is 24.0 Å². The smallest absolute Gasteiger partial charge is 0.267 e. The van der Waals surface area contributed by atoms with Gasteiger partial charge in [0.25, 0.3) is 11.5 Å². The molecule has 0 atom stereocenters. The molecule has 0 bridgehead atoms. The van der Waals surface area contributed by atoms with E-state index in [0.717, 1.165) is 29.8 Å². The van der Waals surface area contributed by atoms with E-state index in [1.807, 2.05) is 54.1 Å². The van der Waals surface area contributed by atoms with Gasteiger partial charge in [-0.1, -0.05) is 42.2 Å². The second kappa shape index (κ2) is 11.8. The second-order valence-corrected chi connectivity index (χ2v) is 10.8. The first-order valence-corrected chi connectivity index (χ1v) is 13.8. The SMILES string of the molecule is COc1ccc(CCN2C(=O)C(=Cc3c(NCCCn4ccnc4)nc4c(C)cccn4c3=O)SC2=S)cc1. The Balaban J connectivity index is 1.39. The maximum atomic E-state index is 13.6. The number of carbonyl (C=O) groups excluding carboxylic acids is 1. The molecule has 39 heavy (non-hydrogen) atoms. The van der Waals surface area contributed by atoms with Crippen molar-refractivity contribution in [1.29, 1.82) is 0 Å². The van der Waals surface area contributed by atoms with E-state index >= 15 is 0 Å². The fraction of sp³-hybridized carbons (Fsp3) is 0.250. The monoisotopic (exact) mass is 560 g/mol. The Morgan fingerprint density at radius 1 is 1.13 bits per heavy atom. The van der Waals surface area contributed by atoms with Gasteiger partial charge in [0.15, 0.2) is 0 Å². The number of nitrogens with zero attached hydrogens (tertiary/aromatic N) is 5. The van der Waals surface area contributed by atoms with Crippen LogP contribution in [-0.2, 0) is 17.8 Å². The number of thiocarbonyl (C=S) groups is 1. The molecule has 4 aromatic rings. The van der Waals surface area contributed by atoms with E-state index in [-0.39, 0.29) is 11.5 Å². The lowest BCUT2D eigenvalue weighted by Crippen LogP contribution is -2.30. The summed E-state index contributed by atoms with van der Waals surface area (Å²) in [5.74, 6) is 1.02. The molecule has 1 aromatic carbocycles. The van der Waals surface area contributed by atoms with Crippen LogP contribution in [0.1, 0.15) is 23.1 Å². The summed E-state index contributed by atoms with van der Waals surface area (Å²) in [6.07, 6.45) is 10.2. The van der Waals surface area contributed by atoms with Crippen molar-refractivity contribution in [1.82, 2.24) is 23.8 Å². The van der Waals surface area contributed by atoms with E-state index in [2.05, 4.69) is 10.3 Å². The van der Waals surface area contributed by atoms with Crippen molar-refractivity contribution in [3.05, 3.63) is 93.3 Å². The highest BCUT2D eigenvalue weighted by Gasteiger charge is 2.32. The molecule has 1 fully saturated rings. The second-order valence-electron chi connectivity index (χ2n) is 9.08. The number of hydrogen-bond acceptors (Lipinski definition) is 8. The van der Waals surface area contributed by atoms with Crippen LogP contribution in [0.5, 0.6) is 5.75 Å². The van der Waals surface area contributed by atoms with E-state index < -0.39 is 0 Å². The molecule has 1 aliphatic rings. The van der Waals surface area contributed by atoms with E-state index in [1.165, 1.54) is 16.2 Å². The van der Waals surface area contributed by atoms with Crippen LogP contribution in [0.15, 0.2) is 71.0 Å². The Morgan fingerprint density at radius 3 is 2.69 bits per heavy atom. The first-order valence-electron chi connectivity index (χ1n) is 12.5. The van der Waals surface area contributed by atoms with E-state index in [9.17, 15) is 9.59 Å². The van der Waals surface area contributed by atoms with Gasteiger partial charge in [-0.15, -0.1) is 0 Å². The zero-order valence-electron chi connectivity index (χ0n) is 21.7. The van der Waals surface area contributed by atoms with Gasteiger partial charge < -0.3 is 14.6 Å². The number of pyridine rings is 1. The third kappa shape index (κ3) is 5.89. The number of hydrogen-bond donors (Lipinski definition) is 1. The zero-order valence-corrected chi connectivity index (χ0v) is 23.3. The van der Waals surface area contributed by atoms with E-state index in [4.69, 9.17) is 21.9 Å². The Bertz CT molecular complexity index is 1600. The van der Waals surface area contributed by atoms with Crippen LogP contribution in [0, 0.1) is 6.92 Å². The van der Waals surface area contributed by atoms with Crippen LogP contribution in [-0.4, -0.2) is 54.3 Å². The Kier molecular flexibility index (Phi) is 8.08. The number of anilines is 1. The van der Waals surface area contributed by atoms with Gasteiger partial charge in [-0.05, 0) is 55.2 Å². The molecular formula is C28H28N6O3S2. The molecule has 0 radical (unpaired) electrons. The molecule has 0 saturated carbocycles. The molecule has 9 nitrogen and oxygen atoms in total. The summed E-state index contributed by atoms with van der Waals surface area (Å²) in [4.78, 5) is 37.8. The summed E-state index contributed by atoms with van der Waals surface area (Å²) in [5, 5.41) is 3.32. The summed E-state index contributed by atoms with van der Waals surface area (Å²) in [7, 11) is 1.63. The molecule has 0 unspecified atom stereocenters. The number of methoxy groups -OCH3 is 1. The zero-order chi connectivity index (χ0) is 27.4. The Morgan fingerprint density at radius 2 is 1.95 bits per heavy atom. The van der Waals surface area contributed by atoms with Crippen LogP contribution < -0.4 is 15.6 Å². The number of rotatable bonds is 10. The number of carbonyl (C=O) groups is 1. The van der Waals surface area contributed by atoms with Gasteiger partial charge in [0.05, 0.1) is 23.9 Å². The fourth-order valence-electron chi connectivity index (χ4n) is 4.32. The molecule has 1 amide bonds. The molecular weight excluding hydrogens is 532 g/mol. The first-order chi connectivity index (χ1) is 18.9. The first kappa shape index (κ1) is 26.6. The number of aromatic nitrogens is 4. The van der Waals surface area contributed by atoms with Gasteiger partial charge in [0.2, 0.25) is 0 Å². The Hall–Kier alpha value is -3.96. The van der Waals surface area contributed by atoms with Crippen molar-refractivity contribution in [2.24, 2.45) is 0 Å². The molecule has 4 heterocycles. The number of thioether (sulfide) groups is 1. The number of fused-ring (bicyclic) bond motifs is 1. The minimum absolute atomic E-state index is 0.210. The summed E-state index contributed by atoms with van der Waals surface area (Å²) in [5.41, 5.74) is 2.61. The van der Waals surface area contributed by atoms with Gasteiger partial charge in [0.1, 0.15) is 21.5 Å². The van der Waals surface area contributed by atoms with Gasteiger partial charge in [-0.25, -0.2) is 9.97 Å². The molecule has 1 aliphatic heterocycles. The summed E-state index contributed by atoms with van der Waals surface area (Å²) in [6, 6.07) is 11.5. The number of aryl methyl sites for hydroxylation is 2. The average molecular weight is 561 g/mol. The Labute approximate surface area is 235 Å². The van der Waals surface area contributed by atoms with Gasteiger partial charge in [-0.3, -0.25) is 18.9 Å². The number of ether oxygens (including phenoxy) is 1. The fourth-order valence-corrected chi connectivity index (χ4v) is 5.61. The number of nitrogens with one attached hydrogen (secondary N) is 1. The lowest BCUT2D eigenvalue weighted by molar-refractivity contribution is -0.122. The molecule has 200 valence electrons. The molecule has 5 rings (SSSR count). The normalized spacial score (nSPS) is 14.5. The highest BCUT2D eigenvalue weighted by Crippen LogP contribution is 2.33. The van der Waals surface area contributed by atoms with Crippen LogP contribution in [0.2, 0.25) is 0 Å². The highest BCUT2D eigenvalue weighted by molar-refractivity contribution is 8.26. The highest BCUT2D eigenvalue weighted by atomic mass is 32.2. The lowest BCUT2D eigenvalue weighted by atomic mass is 10.1. The van der Waals surface area contributed by atoms with Crippen LogP contribution in [0.4, 0.5) is 5.82 Å². The summed E-state index contributed by atoms with van der Waals surface area (Å²) in [6.45, 7) is 3.73. The molecule has 11 heteroatoms. The third-order valence-corrected chi connectivity index (χ3v) is 7.84. The van der Waals surface area contributed by atoms with Gasteiger partial charge in [-0.2, -0.15) is 0 Å². The number of imidazole rings is 1. The lowest BCUT2D eigenvalue weighted by Gasteiger charge is -2.14. The molecule has 0 aliphatic carbocycles. The van der Waals surface area contributed by atoms with Crippen molar-refractivity contribution < 1.29 is 9.53 Å². The average Bonchev–Trinajstić information content (AvgIpc) is 3.55. The standard InChI is InChI=1S/C28H28N6O3S2/c1-19-5-3-14-33-25(19)31-24(30-11-4-13-32-16-12-29-18-32)22(26(33)35)17-23-27(36)34(28(38)39-23)15-10-20-6-8-21(37-2)9-7-20/h3,5-9,12,14,16-18,30H,4,10-11,13,15H2,1-2H3. The van der Waals surface area contributed by atoms with Crippen LogP contribution in [0.3, 0.4) is 0 Å². The van der Waals surface area contributed by atoms with Crippen molar-refractivity contribution >= 4 is 51.7 Å². The molecule has 0 spiro atoms. The van der Waals surface area contributed by atoms with Gasteiger partial charge >= 0.3 is 0 Å². The summed E-state index contributed by atoms with van der Waals surface area (Å²) < 4.78 is 9.20.